The summed E-state index contributed by atoms with van der Waals surface area (Å²) in [6.07, 6.45) is 3.33. The maximum Gasteiger partial charge on any atom is 0.163 e. The zero-order chi connectivity index (χ0) is 15.4. The Hall–Kier alpha value is -1.00. The second-order valence-electron chi connectivity index (χ2n) is 6.39. The van der Waals surface area contributed by atoms with Gasteiger partial charge in [-0.2, -0.15) is 0 Å². The zero-order valence-corrected chi connectivity index (χ0v) is 13.2. The molecule has 1 aromatic carbocycles. The van der Waals surface area contributed by atoms with Crippen LogP contribution in [0, 0.1) is 17.6 Å². The van der Waals surface area contributed by atoms with Crippen molar-refractivity contribution in [3.63, 3.8) is 0 Å². The number of nitrogens with zero attached hydrogens (tertiary/aromatic N) is 1. The molecular weight excluding hydrogens is 270 g/mol. The molecule has 0 amide bonds. The molecule has 1 aliphatic carbocycles. The van der Waals surface area contributed by atoms with Gasteiger partial charge in [-0.25, -0.2) is 8.78 Å². The summed E-state index contributed by atoms with van der Waals surface area (Å²) in [5.74, 6) is -0.864. The third-order valence-corrected chi connectivity index (χ3v) is 4.07. The van der Waals surface area contributed by atoms with Gasteiger partial charge in [0.15, 0.2) is 11.6 Å². The van der Waals surface area contributed by atoms with Crippen LogP contribution < -0.4 is 5.32 Å². The molecule has 1 fully saturated rings. The second kappa shape index (κ2) is 7.32. The molecule has 2 nitrogen and oxygen atoms in total. The molecule has 2 rings (SSSR count). The molecule has 0 saturated heterocycles. The number of hydrogen-bond donors (Lipinski definition) is 1. The van der Waals surface area contributed by atoms with E-state index in [1.807, 2.05) is 0 Å². The van der Waals surface area contributed by atoms with Crippen molar-refractivity contribution in [2.45, 2.75) is 45.2 Å². The Morgan fingerprint density at radius 3 is 2.57 bits per heavy atom. The Balaban J connectivity index is 1.99. The summed E-state index contributed by atoms with van der Waals surface area (Å²) in [5, 5.41) is 3.12. The third-order valence-electron chi connectivity index (χ3n) is 4.07. The molecule has 0 radical (unpaired) electrons. The number of benzene rings is 1. The average molecular weight is 296 g/mol. The van der Waals surface area contributed by atoms with E-state index < -0.39 is 11.6 Å². The summed E-state index contributed by atoms with van der Waals surface area (Å²) in [4.78, 5) is 2.49. The predicted octanol–water partition coefficient (Wildman–Crippen LogP) is 3.74. The largest absolute Gasteiger partial charge is 0.313 e. The van der Waals surface area contributed by atoms with E-state index in [9.17, 15) is 8.78 Å². The van der Waals surface area contributed by atoms with Gasteiger partial charge < -0.3 is 10.2 Å². The normalized spacial score (nSPS) is 16.7. The minimum atomic E-state index is -0.769. The first-order valence-electron chi connectivity index (χ1n) is 7.88. The molecular formula is C17H26F2N2. The highest BCUT2D eigenvalue weighted by Crippen LogP contribution is 2.29. The zero-order valence-electron chi connectivity index (χ0n) is 13.2. The van der Waals surface area contributed by atoms with E-state index in [0.29, 0.717) is 17.5 Å². The van der Waals surface area contributed by atoms with Crippen molar-refractivity contribution in [2.75, 3.05) is 20.1 Å². The molecule has 0 bridgehead atoms. The Morgan fingerprint density at radius 2 is 2.00 bits per heavy atom. The molecule has 0 spiro atoms. The van der Waals surface area contributed by atoms with E-state index >= 15 is 0 Å². The summed E-state index contributed by atoms with van der Waals surface area (Å²) >= 11 is 0. The van der Waals surface area contributed by atoms with Gasteiger partial charge in [0.05, 0.1) is 0 Å². The van der Waals surface area contributed by atoms with Crippen molar-refractivity contribution in [1.82, 2.24) is 10.2 Å². The van der Waals surface area contributed by atoms with Crippen LogP contribution in [-0.2, 0) is 0 Å². The first kappa shape index (κ1) is 16.4. The Kier molecular flexibility index (Phi) is 5.71. The molecule has 1 aliphatic rings. The van der Waals surface area contributed by atoms with Crippen LogP contribution in [0.25, 0.3) is 0 Å². The number of nitrogens with one attached hydrogen (secondary N) is 1. The highest BCUT2D eigenvalue weighted by Gasteiger charge is 2.29. The van der Waals surface area contributed by atoms with Crippen LogP contribution in [0.4, 0.5) is 8.78 Å². The number of hydrogen-bond acceptors (Lipinski definition) is 2. The highest BCUT2D eigenvalue weighted by molar-refractivity contribution is 5.22. The van der Waals surface area contributed by atoms with Gasteiger partial charge in [-0.1, -0.05) is 26.0 Å². The lowest BCUT2D eigenvalue weighted by atomic mass is 10.0. The quantitative estimate of drug-likeness (QED) is 0.786. The Bertz CT molecular complexity index is 458. The maximum absolute atomic E-state index is 13.9. The van der Waals surface area contributed by atoms with Crippen LogP contribution in [0.3, 0.4) is 0 Å². The fraction of sp³-hybridized carbons (Fsp3) is 0.647. The molecule has 1 atom stereocenters. The average Bonchev–Trinajstić information content (AvgIpc) is 3.26. The summed E-state index contributed by atoms with van der Waals surface area (Å²) in [6.45, 7) is 6.44. The lowest BCUT2D eigenvalue weighted by Gasteiger charge is -2.26. The number of rotatable bonds is 8. The van der Waals surface area contributed by atoms with Crippen molar-refractivity contribution in [2.24, 2.45) is 5.92 Å². The molecule has 118 valence electrons. The van der Waals surface area contributed by atoms with E-state index in [2.05, 4.69) is 24.1 Å². The monoisotopic (exact) mass is 296 g/mol. The van der Waals surface area contributed by atoms with Gasteiger partial charge in [0.1, 0.15) is 0 Å². The minimum absolute atomic E-state index is 0.144. The van der Waals surface area contributed by atoms with Crippen molar-refractivity contribution >= 4 is 0 Å². The topological polar surface area (TPSA) is 15.3 Å². The van der Waals surface area contributed by atoms with Crippen molar-refractivity contribution < 1.29 is 8.78 Å². The third kappa shape index (κ3) is 4.48. The predicted molar refractivity (Wildman–Crippen MR) is 82.2 cm³/mol. The van der Waals surface area contributed by atoms with Gasteiger partial charge in [0, 0.05) is 30.7 Å². The summed E-state index contributed by atoms with van der Waals surface area (Å²) in [7, 11) is 1.80. The molecule has 0 aliphatic heterocycles. The van der Waals surface area contributed by atoms with E-state index in [4.69, 9.17) is 0 Å². The van der Waals surface area contributed by atoms with Crippen LogP contribution in [0.5, 0.6) is 0 Å². The first-order valence-corrected chi connectivity index (χ1v) is 7.88. The van der Waals surface area contributed by atoms with Crippen molar-refractivity contribution in [3.8, 4) is 0 Å². The Labute approximate surface area is 126 Å². The molecule has 0 heterocycles. The van der Waals surface area contributed by atoms with Gasteiger partial charge in [-0.3, -0.25) is 0 Å². The van der Waals surface area contributed by atoms with E-state index in [0.717, 1.165) is 19.5 Å². The maximum atomic E-state index is 13.9. The standard InChI is InChI=1S/C17H26F2N2/c1-12(2)11-21(13-7-8-13)10-9-16(20-3)14-5-4-6-15(18)17(14)19/h4-6,12-13,16,20H,7-11H2,1-3H3. The summed E-state index contributed by atoms with van der Waals surface area (Å²) in [5.41, 5.74) is 0.429. The second-order valence-corrected chi connectivity index (χ2v) is 6.39. The molecule has 1 unspecified atom stereocenters. The fourth-order valence-electron chi connectivity index (χ4n) is 2.87. The molecule has 1 aromatic rings. The van der Waals surface area contributed by atoms with Gasteiger partial charge >= 0.3 is 0 Å². The molecule has 21 heavy (non-hydrogen) atoms. The van der Waals surface area contributed by atoms with Gasteiger partial charge in [-0.05, 0) is 38.3 Å². The van der Waals surface area contributed by atoms with Crippen LogP contribution in [0.15, 0.2) is 18.2 Å². The molecule has 0 aromatic heterocycles. The van der Waals surface area contributed by atoms with Gasteiger partial charge in [0.25, 0.3) is 0 Å². The molecule has 1 saturated carbocycles. The van der Waals surface area contributed by atoms with Crippen LogP contribution in [-0.4, -0.2) is 31.1 Å². The van der Waals surface area contributed by atoms with Crippen molar-refractivity contribution in [3.05, 3.63) is 35.4 Å². The Morgan fingerprint density at radius 1 is 1.29 bits per heavy atom. The van der Waals surface area contributed by atoms with Crippen LogP contribution in [0.1, 0.15) is 44.7 Å². The number of halogens is 2. The van der Waals surface area contributed by atoms with E-state index in [-0.39, 0.29) is 6.04 Å². The van der Waals surface area contributed by atoms with E-state index in [1.165, 1.54) is 18.9 Å². The summed E-state index contributed by atoms with van der Waals surface area (Å²) < 4.78 is 27.3. The SMILES string of the molecule is CNC(CCN(CC(C)C)C1CC1)c1cccc(F)c1F. The van der Waals surface area contributed by atoms with Gasteiger partial charge in [-0.15, -0.1) is 0 Å². The minimum Gasteiger partial charge on any atom is -0.313 e. The van der Waals surface area contributed by atoms with Crippen LogP contribution >= 0.6 is 0 Å². The highest BCUT2D eigenvalue weighted by atomic mass is 19.2. The van der Waals surface area contributed by atoms with Gasteiger partial charge in [0.2, 0.25) is 0 Å². The smallest absolute Gasteiger partial charge is 0.163 e. The van der Waals surface area contributed by atoms with Crippen LogP contribution in [0.2, 0.25) is 0 Å². The summed E-state index contributed by atoms with van der Waals surface area (Å²) in [6, 6.07) is 4.96. The lowest BCUT2D eigenvalue weighted by Crippen LogP contribution is -2.33. The van der Waals surface area contributed by atoms with Crippen molar-refractivity contribution in [1.29, 1.82) is 0 Å². The fourth-order valence-corrected chi connectivity index (χ4v) is 2.87. The first-order chi connectivity index (χ1) is 10.0. The molecule has 4 heteroatoms. The molecule has 1 N–H and O–H groups in total. The lowest BCUT2D eigenvalue weighted by molar-refractivity contribution is 0.222. The van der Waals surface area contributed by atoms with E-state index in [1.54, 1.807) is 19.2 Å².